The number of sulfonamides is 1. The molecule has 10 nitrogen and oxygen atoms in total. The Hall–Kier alpha value is -3.67. The van der Waals surface area contributed by atoms with Gasteiger partial charge in [-0.05, 0) is 73.3 Å². The van der Waals surface area contributed by atoms with E-state index in [9.17, 15) is 13.2 Å². The summed E-state index contributed by atoms with van der Waals surface area (Å²) in [7, 11) is -2.16. The SMILES string of the molecule is COc1c(NC(=O)c2ccc(C)c(Oc3ccnc(CN4CCCNCC4)c3)c2)cc(C(C)(C)C)cc1NS(C)(=O)=O. The van der Waals surface area contributed by atoms with E-state index in [1.165, 1.54) is 7.11 Å². The molecule has 2 aromatic carbocycles. The fourth-order valence-corrected chi connectivity index (χ4v) is 5.27. The molecule has 0 unspecified atom stereocenters. The van der Waals surface area contributed by atoms with Gasteiger partial charge in [-0.25, -0.2) is 8.42 Å². The minimum absolute atomic E-state index is 0.217. The van der Waals surface area contributed by atoms with Crippen LogP contribution in [0.1, 0.15) is 54.4 Å². The third-order valence-electron chi connectivity index (χ3n) is 6.99. The number of aryl methyl sites for hydroxylation is 1. The number of hydrogen-bond acceptors (Lipinski definition) is 8. The number of hydrogen-bond donors (Lipinski definition) is 3. The van der Waals surface area contributed by atoms with Crippen molar-refractivity contribution in [3.63, 3.8) is 0 Å². The number of nitrogens with zero attached hydrogens (tertiary/aromatic N) is 2. The van der Waals surface area contributed by atoms with E-state index in [-0.39, 0.29) is 22.8 Å². The number of amides is 1. The van der Waals surface area contributed by atoms with Crippen molar-refractivity contribution in [2.75, 3.05) is 49.6 Å². The molecule has 1 aliphatic heterocycles. The van der Waals surface area contributed by atoms with E-state index in [4.69, 9.17) is 9.47 Å². The van der Waals surface area contributed by atoms with Crippen LogP contribution in [-0.4, -0.2) is 63.8 Å². The maximum Gasteiger partial charge on any atom is 0.255 e. The Morgan fingerprint density at radius 1 is 1.07 bits per heavy atom. The predicted octanol–water partition coefficient (Wildman–Crippen LogP) is 4.91. The Labute approximate surface area is 248 Å². The number of pyridine rings is 1. The molecule has 0 aliphatic carbocycles. The van der Waals surface area contributed by atoms with Gasteiger partial charge in [-0.3, -0.25) is 19.4 Å². The highest BCUT2D eigenvalue weighted by atomic mass is 32.2. The van der Waals surface area contributed by atoms with Crippen molar-refractivity contribution in [2.24, 2.45) is 0 Å². The molecular weight excluding hydrogens is 554 g/mol. The second kappa shape index (κ2) is 13.1. The van der Waals surface area contributed by atoms with E-state index >= 15 is 0 Å². The molecule has 0 radical (unpaired) electrons. The quantitative estimate of drug-likeness (QED) is 0.319. The first kappa shape index (κ1) is 31.3. The number of rotatable bonds is 9. The van der Waals surface area contributed by atoms with E-state index in [0.717, 1.165) is 62.2 Å². The molecule has 1 aromatic heterocycles. The van der Waals surface area contributed by atoms with Crippen molar-refractivity contribution >= 4 is 27.3 Å². The van der Waals surface area contributed by atoms with Gasteiger partial charge in [0, 0.05) is 37.5 Å². The van der Waals surface area contributed by atoms with Gasteiger partial charge in [-0.1, -0.05) is 26.8 Å². The Morgan fingerprint density at radius 2 is 1.83 bits per heavy atom. The van der Waals surface area contributed by atoms with Crippen molar-refractivity contribution in [3.8, 4) is 17.2 Å². The van der Waals surface area contributed by atoms with Crippen molar-refractivity contribution in [1.29, 1.82) is 0 Å². The standard InChI is InChI=1S/C31H41N5O5S/c1-21-8-9-22(16-28(21)41-25-10-12-33-24(19-25)20-36-14-7-11-32-13-15-36)30(37)34-26-17-23(31(2,3)4)18-27(29(26)40-5)35-42(6,38)39/h8-10,12,16-19,32,35H,7,11,13-15,20H2,1-6H3,(H,34,37). The average Bonchev–Trinajstić information content (AvgIpc) is 3.17. The topological polar surface area (TPSA) is 122 Å². The molecule has 0 atom stereocenters. The van der Waals surface area contributed by atoms with Crippen molar-refractivity contribution in [2.45, 2.75) is 46.1 Å². The molecule has 3 aromatic rings. The summed E-state index contributed by atoms with van der Waals surface area (Å²) in [6.45, 7) is 12.7. The smallest absolute Gasteiger partial charge is 0.255 e. The van der Waals surface area contributed by atoms with E-state index in [2.05, 4.69) is 25.2 Å². The van der Waals surface area contributed by atoms with Gasteiger partial charge in [0.1, 0.15) is 11.5 Å². The summed E-state index contributed by atoms with van der Waals surface area (Å²) < 4.78 is 38.4. The van der Waals surface area contributed by atoms with E-state index in [0.29, 0.717) is 22.7 Å². The first-order valence-electron chi connectivity index (χ1n) is 14.0. The van der Waals surface area contributed by atoms with E-state index in [1.807, 2.05) is 39.8 Å². The number of aromatic nitrogens is 1. The molecule has 11 heteroatoms. The molecule has 42 heavy (non-hydrogen) atoms. The number of carbonyl (C=O) groups excluding carboxylic acids is 1. The fourth-order valence-electron chi connectivity index (χ4n) is 4.72. The first-order valence-corrected chi connectivity index (χ1v) is 15.9. The summed E-state index contributed by atoms with van der Waals surface area (Å²) in [4.78, 5) is 20.4. The third-order valence-corrected chi connectivity index (χ3v) is 7.58. The molecule has 1 aliphatic rings. The normalized spacial score (nSPS) is 14.6. The minimum Gasteiger partial charge on any atom is -0.492 e. The third kappa shape index (κ3) is 8.43. The van der Waals surface area contributed by atoms with Crippen LogP contribution in [0.2, 0.25) is 0 Å². The summed E-state index contributed by atoms with van der Waals surface area (Å²) in [5.41, 5.74) is 3.27. The summed E-state index contributed by atoms with van der Waals surface area (Å²) in [5, 5.41) is 6.33. The molecule has 4 rings (SSSR count). The lowest BCUT2D eigenvalue weighted by Crippen LogP contribution is -2.27. The van der Waals surface area contributed by atoms with Crippen LogP contribution in [0.3, 0.4) is 0 Å². The molecule has 0 spiro atoms. The van der Waals surface area contributed by atoms with Crippen LogP contribution < -0.4 is 24.8 Å². The molecular formula is C31H41N5O5S. The van der Waals surface area contributed by atoms with Crippen LogP contribution in [0.25, 0.3) is 0 Å². The predicted molar refractivity (Wildman–Crippen MR) is 166 cm³/mol. The Balaban J connectivity index is 1.58. The van der Waals surface area contributed by atoms with Gasteiger partial charge >= 0.3 is 0 Å². The zero-order valence-electron chi connectivity index (χ0n) is 25.2. The number of carbonyl (C=O) groups is 1. The van der Waals surface area contributed by atoms with Crippen LogP contribution in [-0.2, 0) is 22.0 Å². The van der Waals surface area contributed by atoms with Crippen molar-refractivity contribution < 1.29 is 22.7 Å². The number of methoxy groups -OCH3 is 1. The highest BCUT2D eigenvalue weighted by molar-refractivity contribution is 7.92. The average molecular weight is 596 g/mol. The van der Waals surface area contributed by atoms with Crippen LogP contribution in [0, 0.1) is 6.92 Å². The molecule has 1 fully saturated rings. The first-order chi connectivity index (χ1) is 19.8. The number of ether oxygens (including phenoxy) is 2. The molecule has 2 heterocycles. The number of nitrogens with one attached hydrogen (secondary N) is 3. The summed E-state index contributed by atoms with van der Waals surface area (Å²) in [5.74, 6) is 1.02. The van der Waals surface area contributed by atoms with Gasteiger partial charge in [-0.15, -0.1) is 0 Å². The van der Waals surface area contributed by atoms with Crippen molar-refractivity contribution in [1.82, 2.24) is 15.2 Å². The second-order valence-electron chi connectivity index (χ2n) is 11.6. The van der Waals surface area contributed by atoms with Gasteiger partial charge in [-0.2, -0.15) is 0 Å². The fraction of sp³-hybridized carbons (Fsp3) is 0.419. The van der Waals surface area contributed by atoms with Crippen molar-refractivity contribution in [3.05, 3.63) is 71.0 Å². The molecule has 3 N–H and O–H groups in total. The van der Waals surface area contributed by atoms with Crippen LogP contribution in [0.5, 0.6) is 17.2 Å². The number of benzene rings is 2. The Bertz CT molecular complexity index is 1530. The van der Waals surface area contributed by atoms with Gasteiger partial charge in [0.2, 0.25) is 10.0 Å². The zero-order chi connectivity index (χ0) is 30.5. The van der Waals surface area contributed by atoms with Gasteiger partial charge < -0.3 is 20.1 Å². The minimum atomic E-state index is -3.59. The highest BCUT2D eigenvalue weighted by Crippen LogP contribution is 2.39. The van der Waals surface area contributed by atoms with Gasteiger partial charge in [0.15, 0.2) is 5.75 Å². The molecule has 1 amide bonds. The van der Waals surface area contributed by atoms with Crippen LogP contribution in [0.4, 0.5) is 11.4 Å². The largest absolute Gasteiger partial charge is 0.492 e. The lowest BCUT2D eigenvalue weighted by molar-refractivity contribution is 0.102. The molecule has 1 saturated heterocycles. The Morgan fingerprint density at radius 3 is 2.55 bits per heavy atom. The number of anilines is 2. The zero-order valence-corrected chi connectivity index (χ0v) is 26.0. The Kier molecular flexibility index (Phi) is 9.75. The summed E-state index contributed by atoms with van der Waals surface area (Å²) in [6.07, 6.45) is 3.91. The lowest BCUT2D eigenvalue weighted by Gasteiger charge is -2.24. The second-order valence-corrected chi connectivity index (χ2v) is 13.4. The van der Waals surface area contributed by atoms with Gasteiger partial charge in [0.05, 0.1) is 30.4 Å². The summed E-state index contributed by atoms with van der Waals surface area (Å²) >= 11 is 0. The van der Waals surface area contributed by atoms with Crippen LogP contribution in [0.15, 0.2) is 48.7 Å². The lowest BCUT2D eigenvalue weighted by atomic mass is 9.86. The van der Waals surface area contributed by atoms with Crippen LogP contribution >= 0.6 is 0 Å². The summed E-state index contributed by atoms with van der Waals surface area (Å²) in [6, 6.07) is 12.5. The molecule has 226 valence electrons. The van der Waals surface area contributed by atoms with Gasteiger partial charge in [0.25, 0.3) is 5.91 Å². The highest BCUT2D eigenvalue weighted by Gasteiger charge is 2.23. The maximum atomic E-state index is 13.5. The van der Waals surface area contributed by atoms with E-state index in [1.54, 1.807) is 36.5 Å². The molecule has 0 saturated carbocycles. The molecule has 0 bridgehead atoms. The van der Waals surface area contributed by atoms with E-state index < -0.39 is 10.0 Å². The maximum absolute atomic E-state index is 13.5. The monoisotopic (exact) mass is 595 g/mol.